The van der Waals surface area contributed by atoms with E-state index in [2.05, 4.69) is 68.7 Å². The molecule has 6 nitrogen and oxygen atoms in total. The maximum Gasteiger partial charge on any atom is 0.407 e. The smallest absolute Gasteiger partial charge is 0.407 e. The van der Waals surface area contributed by atoms with Gasteiger partial charge in [-0.05, 0) is 67.6 Å². The van der Waals surface area contributed by atoms with Crippen LogP contribution in [0.1, 0.15) is 57.4 Å². The van der Waals surface area contributed by atoms with Crippen LogP contribution in [0.25, 0.3) is 21.4 Å². The molecule has 1 N–H and O–H groups in total. The first-order valence-corrected chi connectivity index (χ1v) is 15.3. The summed E-state index contributed by atoms with van der Waals surface area (Å²) in [5.74, 6) is 0.517. The second-order valence-corrected chi connectivity index (χ2v) is 13.5. The van der Waals surface area contributed by atoms with Gasteiger partial charge in [0, 0.05) is 34.5 Å². The lowest BCUT2D eigenvalue weighted by Crippen LogP contribution is -2.37. The summed E-state index contributed by atoms with van der Waals surface area (Å²) in [6.07, 6.45) is 2.74. The van der Waals surface area contributed by atoms with Crippen LogP contribution in [0.3, 0.4) is 0 Å². The predicted molar refractivity (Wildman–Crippen MR) is 139 cm³/mol. The van der Waals surface area contributed by atoms with Gasteiger partial charge in [-0.1, -0.05) is 38.1 Å². The number of fused-ring (bicyclic) bond motifs is 1. The van der Waals surface area contributed by atoms with E-state index in [4.69, 9.17) is 8.95 Å². The summed E-state index contributed by atoms with van der Waals surface area (Å²) in [6, 6.07) is 8.59. The van der Waals surface area contributed by atoms with Gasteiger partial charge >= 0.3 is 6.09 Å². The molecule has 0 spiro atoms. The Kier molecular flexibility index (Phi) is 7.50. The second kappa shape index (κ2) is 10.2. The molecule has 1 aromatic carbocycles. The zero-order valence-electron chi connectivity index (χ0n) is 20.8. The van der Waals surface area contributed by atoms with Gasteiger partial charge in [-0.25, -0.2) is 4.79 Å². The number of rotatable bonds is 7. The van der Waals surface area contributed by atoms with E-state index in [1.165, 1.54) is 9.78 Å². The number of hydrogen-bond acceptors (Lipinski definition) is 5. The number of carboxylic acid groups (broad SMARTS) is 1. The van der Waals surface area contributed by atoms with Gasteiger partial charge in [0.1, 0.15) is 0 Å². The van der Waals surface area contributed by atoms with Crippen LogP contribution in [0.5, 0.6) is 0 Å². The highest BCUT2D eigenvalue weighted by Crippen LogP contribution is 2.46. The Labute approximate surface area is 207 Å². The Hall–Kier alpha value is -2.16. The Morgan fingerprint density at radius 1 is 1.29 bits per heavy atom. The number of hydrogen-bond donors (Lipinski definition) is 1. The third kappa shape index (κ3) is 5.39. The highest BCUT2D eigenvalue weighted by atomic mass is 32.1. The van der Waals surface area contributed by atoms with Crippen molar-refractivity contribution >= 4 is 37.4 Å². The SMILES string of the molecule is C[Si](C)OC(c1c(-c2cccs2)ccc2c(CCC3CCN(C(=O)O)CC3)noc12)C(C)(C)C. The van der Waals surface area contributed by atoms with Gasteiger partial charge in [0.05, 0.1) is 11.8 Å². The highest BCUT2D eigenvalue weighted by Gasteiger charge is 2.34. The van der Waals surface area contributed by atoms with Crippen LogP contribution < -0.4 is 0 Å². The van der Waals surface area contributed by atoms with Crippen molar-refractivity contribution < 1.29 is 18.9 Å². The first-order valence-electron chi connectivity index (χ1n) is 12.0. The van der Waals surface area contributed by atoms with Crippen molar-refractivity contribution in [2.75, 3.05) is 13.1 Å². The minimum atomic E-state index is -0.948. The molecule has 8 heteroatoms. The number of aryl methyl sites for hydroxylation is 1. The van der Waals surface area contributed by atoms with Gasteiger partial charge in [-0.15, -0.1) is 11.3 Å². The average molecular weight is 500 g/mol. The molecule has 1 unspecified atom stereocenters. The molecular formula is C26H35N2O4SSi. The fraction of sp³-hybridized carbons (Fsp3) is 0.538. The minimum Gasteiger partial charge on any atom is -0.465 e. The molecule has 34 heavy (non-hydrogen) atoms. The Morgan fingerprint density at radius 3 is 2.62 bits per heavy atom. The highest BCUT2D eigenvalue weighted by molar-refractivity contribution is 7.13. The number of piperidine rings is 1. The summed E-state index contributed by atoms with van der Waals surface area (Å²) in [5, 5.41) is 16.9. The van der Waals surface area contributed by atoms with Crippen LogP contribution in [-0.2, 0) is 10.8 Å². The summed E-state index contributed by atoms with van der Waals surface area (Å²) in [6.45, 7) is 12.3. The van der Waals surface area contributed by atoms with Crippen LogP contribution in [-0.4, -0.2) is 43.4 Å². The average Bonchev–Trinajstić information content (AvgIpc) is 3.45. The van der Waals surface area contributed by atoms with E-state index in [9.17, 15) is 9.90 Å². The van der Waals surface area contributed by atoms with Crippen molar-refractivity contribution in [3.63, 3.8) is 0 Å². The molecule has 1 aliphatic rings. The van der Waals surface area contributed by atoms with Gasteiger partial charge in [0.2, 0.25) is 9.04 Å². The third-order valence-electron chi connectivity index (χ3n) is 6.62. The number of benzene rings is 1. The Bertz CT molecular complexity index is 1110. The standard InChI is InChI=1S/C26H35N2O4SSi/c1-26(2,3)24(32-34(4)5)22-19(21-7-6-16-33-21)10-9-18-20(27-31-23(18)22)11-8-17-12-14-28(15-13-17)25(29)30/h6-7,9-10,16-17,24H,8,11-15H2,1-5H3,(H,29,30). The van der Waals surface area contributed by atoms with E-state index in [-0.39, 0.29) is 11.5 Å². The lowest BCUT2D eigenvalue weighted by atomic mass is 9.82. The Balaban J connectivity index is 1.66. The van der Waals surface area contributed by atoms with Crippen molar-refractivity contribution in [3.05, 3.63) is 40.9 Å². The molecule has 1 amide bonds. The van der Waals surface area contributed by atoms with Crippen LogP contribution in [0.2, 0.25) is 13.1 Å². The Morgan fingerprint density at radius 2 is 2.03 bits per heavy atom. The summed E-state index contributed by atoms with van der Waals surface area (Å²) in [5.41, 5.74) is 3.99. The predicted octanol–water partition coefficient (Wildman–Crippen LogP) is 7.23. The van der Waals surface area contributed by atoms with E-state index in [1.807, 2.05) is 0 Å². The molecule has 0 aliphatic carbocycles. The molecule has 1 radical (unpaired) electrons. The van der Waals surface area contributed by atoms with Crippen molar-refractivity contribution in [3.8, 4) is 10.4 Å². The van der Waals surface area contributed by atoms with E-state index in [1.54, 1.807) is 11.3 Å². The molecule has 183 valence electrons. The number of thiophene rings is 1. The molecule has 1 fully saturated rings. The number of amides is 1. The van der Waals surface area contributed by atoms with Crippen molar-refractivity contribution in [1.82, 2.24) is 10.1 Å². The van der Waals surface area contributed by atoms with Crippen LogP contribution in [0, 0.1) is 11.3 Å². The number of aromatic nitrogens is 1. The van der Waals surface area contributed by atoms with Gasteiger partial charge in [-0.3, -0.25) is 0 Å². The summed E-state index contributed by atoms with van der Waals surface area (Å²) < 4.78 is 12.7. The minimum absolute atomic E-state index is 0.0988. The largest absolute Gasteiger partial charge is 0.465 e. The van der Waals surface area contributed by atoms with Crippen molar-refractivity contribution in [2.45, 2.75) is 65.7 Å². The monoisotopic (exact) mass is 499 g/mol. The maximum atomic E-state index is 11.2. The van der Waals surface area contributed by atoms with Crippen LogP contribution in [0.4, 0.5) is 4.79 Å². The molecule has 0 saturated carbocycles. The zero-order chi connectivity index (χ0) is 24.5. The lowest BCUT2D eigenvalue weighted by Gasteiger charge is -2.33. The fourth-order valence-corrected chi connectivity index (χ4v) is 6.53. The quantitative estimate of drug-likeness (QED) is 0.347. The van der Waals surface area contributed by atoms with E-state index in [0.29, 0.717) is 19.0 Å². The zero-order valence-corrected chi connectivity index (χ0v) is 22.6. The van der Waals surface area contributed by atoms with Crippen LogP contribution >= 0.6 is 11.3 Å². The second-order valence-electron chi connectivity index (χ2n) is 10.5. The molecule has 4 rings (SSSR count). The van der Waals surface area contributed by atoms with E-state index < -0.39 is 15.1 Å². The summed E-state index contributed by atoms with van der Waals surface area (Å²) in [7, 11) is -0.948. The summed E-state index contributed by atoms with van der Waals surface area (Å²) >= 11 is 1.73. The van der Waals surface area contributed by atoms with Gasteiger partial charge in [0.15, 0.2) is 5.58 Å². The molecule has 2 aromatic heterocycles. The first kappa shape index (κ1) is 24.9. The topological polar surface area (TPSA) is 75.8 Å². The number of likely N-dealkylation sites (tertiary alicyclic amines) is 1. The normalized spacial score (nSPS) is 16.5. The summed E-state index contributed by atoms with van der Waals surface area (Å²) in [4.78, 5) is 13.9. The molecule has 3 heterocycles. The molecule has 1 aliphatic heterocycles. The van der Waals surface area contributed by atoms with Crippen LogP contribution in [0.15, 0.2) is 34.2 Å². The maximum absolute atomic E-state index is 11.2. The van der Waals surface area contributed by atoms with Gasteiger partial charge < -0.3 is 19.0 Å². The van der Waals surface area contributed by atoms with E-state index >= 15 is 0 Å². The number of nitrogens with zero attached hydrogens (tertiary/aromatic N) is 2. The van der Waals surface area contributed by atoms with E-state index in [0.717, 1.165) is 53.5 Å². The lowest BCUT2D eigenvalue weighted by molar-refractivity contribution is 0.0872. The number of carbonyl (C=O) groups is 1. The molecule has 0 bridgehead atoms. The van der Waals surface area contributed by atoms with Gasteiger partial charge in [-0.2, -0.15) is 0 Å². The fourth-order valence-electron chi connectivity index (χ4n) is 4.82. The van der Waals surface area contributed by atoms with Gasteiger partial charge in [0.25, 0.3) is 0 Å². The molecular weight excluding hydrogens is 464 g/mol. The third-order valence-corrected chi connectivity index (χ3v) is 8.23. The molecule has 1 atom stereocenters. The molecule has 3 aromatic rings. The first-order chi connectivity index (χ1) is 16.1. The van der Waals surface area contributed by atoms with Crippen molar-refractivity contribution in [2.24, 2.45) is 11.3 Å². The van der Waals surface area contributed by atoms with Crippen molar-refractivity contribution in [1.29, 1.82) is 0 Å². The molecule has 1 saturated heterocycles.